The van der Waals surface area contributed by atoms with E-state index in [0.29, 0.717) is 18.6 Å². The van der Waals surface area contributed by atoms with Gasteiger partial charge in [-0.1, -0.05) is 20.8 Å². The van der Waals surface area contributed by atoms with Crippen LogP contribution in [0, 0.1) is 5.41 Å². The second kappa shape index (κ2) is 5.10. The van der Waals surface area contributed by atoms with Crippen molar-refractivity contribution < 1.29 is 4.74 Å². The number of hydrogen-bond acceptors (Lipinski definition) is 3. The van der Waals surface area contributed by atoms with Gasteiger partial charge in [-0.3, -0.25) is 0 Å². The molecule has 0 spiro atoms. The van der Waals surface area contributed by atoms with Crippen LogP contribution in [0.2, 0.25) is 0 Å². The van der Waals surface area contributed by atoms with Gasteiger partial charge in [0.1, 0.15) is 0 Å². The van der Waals surface area contributed by atoms with Crippen LogP contribution in [0.1, 0.15) is 33.6 Å². The van der Waals surface area contributed by atoms with E-state index in [-0.39, 0.29) is 5.41 Å². The van der Waals surface area contributed by atoms with Gasteiger partial charge in [0.25, 0.3) is 0 Å². The average Bonchev–Trinajstić information content (AvgIpc) is 2.14. The van der Waals surface area contributed by atoms with Crippen LogP contribution in [0.15, 0.2) is 0 Å². The van der Waals surface area contributed by atoms with Crippen LogP contribution in [0.25, 0.3) is 0 Å². The van der Waals surface area contributed by atoms with Crippen molar-refractivity contribution in [3.05, 3.63) is 0 Å². The molecule has 3 N–H and O–H groups in total. The SMILES string of the molecule is CC(C)(C)C(CN)NC1CCOCC1. The van der Waals surface area contributed by atoms with Crippen LogP contribution >= 0.6 is 0 Å². The predicted octanol–water partition coefficient (Wildman–Crippen LogP) is 1.13. The third-order valence-corrected chi connectivity index (χ3v) is 2.94. The Kier molecular flexibility index (Phi) is 4.35. The maximum absolute atomic E-state index is 5.78. The van der Waals surface area contributed by atoms with E-state index >= 15 is 0 Å². The van der Waals surface area contributed by atoms with Gasteiger partial charge >= 0.3 is 0 Å². The zero-order valence-corrected chi connectivity index (χ0v) is 9.68. The fraction of sp³-hybridized carbons (Fsp3) is 1.00. The van der Waals surface area contributed by atoms with E-state index in [2.05, 4.69) is 26.1 Å². The van der Waals surface area contributed by atoms with Crippen molar-refractivity contribution in [2.75, 3.05) is 19.8 Å². The fourth-order valence-corrected chi connectivity index (χ4v) is 1.82. The number of ether oxygens (including phenoxy) is 1. The highest BCUT2D eigenvalue weighted by Crippen LogP contribution is 2.20. The molecule has 14 heavy (non-hydrogen) atoms. The first-order valence-corrected chi connectivity index (χ1v) is 5.58. The molecule has 1 rings (SSSR count). The number of rotatable bonds is 3. The highest BCUT2D eigenvalue weighted by molar-refractivity contribution is 4.85. The first-order chi connectivity index (χ1) is 6.54. The highest BCUT2D eigenvalue weighted by Gasteiger charge is 2.26. The molecule has 84 valence electrons. The summed E-state index contributed by atoms with van der Waals surface area (Å²) >= 11 is 0. The molecule has 1 aliphatic rings. The van der Waals surface area contributed by atoms with Gasteiger partial charge in [-0.2, -0.15) is 0 Å². The molecule has 0 radical (unpaired) electrons. The van der Waals surface area contributed by atoms with Crippen molar-refractivity contribution in [1.29, 1.82) is 0 Å². The number of nitrogens with one attached hydrogen (secondary N) is 1. The number of nitrogens with two attached hydrogens (primary N) is 1. The van der Waals surface area contributed by atoms with Gasteiger partial charge in [0.2, 0.25) is 0 Å². The molecule has 0 aromatic rings. The van der Waals surface area contributed by atoms with Crippen molar-refractivity contribution in [2.45, 2.75) is 45.7 Å². The Morgan fingerprint density at radius 1 is 1.36 bits per heavy atom. The van der Waals surface area contributed by atoms with Gasteiger partial charge in [0, 0.05) is 31.8 Å². The summed E-state index contributed by atoms with van der Waals surface area (Å²) in [6, 6.07) is 1.00. The summed E-state index contributed by atoms with van der Waals surface area (Å²) in [5.41, 5.74) is 6.03. The second-order valence-corrected chi connectivity index (χ2v) is 5.21. The molecule has 3 nitrogen and oxygen atoms in total. The van der Waals surface area contributed by atoms with Crippen LogP contribution in [0.5, 0.6) is 0 Å². The molecule has 1 heterocycles. The molecule has 1 aliphatic heterocycles. The summed E-state index contributed by atoms with van der Waals surface area (Å²) in [5, 5.41) is 3.64. The summed E-state index contributed by atoms with van der Waals surface area (Å²) in [7, 11) is 0. The van der Waals surface area contributed by atoms with Gasteiger partial charge in [-0.25, -0.2) is 0 Å². The maximum Gasteiger partial charge on any atom is 0.0480 e. The first-order valence-electron chi connectivity index (χ1n) is 5.58. The van der Waals surface area contributed by atoms with E-state index in [1.165, 1.54) is 0 Å². The lowest BCUT2D eigenvalue weighted by Crippen LogP contribution is -2.51. The minimum Gasteiger partial charge on any atom is -0.381 e. The normalized spacial score (nSPS) is 22.3. The molecule has 0 bridgehead atoms. The molecule has 0 aromatic carbocycles. The maximum atomic E-state index is 5.78. The summed E-state index contributed by atoms with van der Waals surface area (Å²) in [4.78, 5) is 0. The van der Waals surface area contributed by atoms with E-state index in [1.54, 1.807) is 0 Å². The third-order valence-electron chi connectivity index (χ3n) is 2.94. The molecule has 0 amide bonds. The summed E-state index contributed by atoms with van der Waals surface area (Å²) < 4.78 is 5.33. The molecule has 1 atom stereocenters. The molecule has 3 heteroatoms. The monoisotopic (exact) mass is 200 g/mol. The van der Waals surface area contributed by atoms with Gasteiger partial charge in [-0.15, -0.1) is 0 Å². The van der Waals surface area contributed by atoms with Crippen LogP contribution < -0.4 is 11.1 Å². The van der Waals surface area contributed by atoms with Gasteiger partial charge in [0.05, 0.1) is 0 Å². The molecule has 0 saturated carbocycles. The largest absolute Gasteiger partial charge is 0.381 e. The molecular formula is C11H24N2O. The second-order valence-electron chi connectivity index (χ2n) is 5.21. The van der Waals surface area contributed by atoms with E-state index < -0.39 is 0 Å². The van der Waals surface area contributed by atoms with Gasteiger partial charge in [0.15, 0.2) is 0 Å². The standard InChI is InChI=1S/C11H24N2O/c1-11(2,3)10(8-12)13-9-4-6-14-7-5-9/h9-10,13H,4-8,12H2,1-3H3. The Morgan fingerprint density at radius 3 is 2.36 bits per heavy atom. The Morgan fingerprint density at radius 2 is 1.93 bits per heavy atom. The lowest BCUT2D eigenvalue weighted by atomic mass is 9.86. The smallest absolute Gasteiger partial charge is 0.0480 e. The van der Waals surface area contributed by atoms with Crippen molar-refractivity contribution in [3.63, 3.8) is 0 Å². The Hall–Kier alpha value is -0.120. The minimum absolute atomic E-state index is 0.243. The van der Waals surface area contributed by atoms with Gasteiger partial charge < -0.3 is 15.8 Å². The Labute approximate surface area is 87.4 Å². The topological polar surface area (TPSA) is 47.3 Å². The quantitative estimate of drug-likeness (QED) is 0.718. The van der Waals surface area contributed by atoms with Crippen LogP contribution in [0.3, 0.4) is 0 Å². The Bertz CT molecular complexity index is 159. The predicted molar refractivity (Wildman–Crippen MR) is 59.3 cm³/mol. The van der Waals surface area contributed by atoms with Crippen LogP contribution in [-0.2, 0) is 4.74 Å². The van der Waals surface area contributed by atoms with E-state index in [9.17, 15) is 0 Å². The summed E-state index contributed by atoms with van der Waals surface area (Å²) in [5.74, 6) is 0. The molecule has 1 unspecified atom stereocenters. The first kappa shape index (κ1) is 12.0. The average molecular weight is 200 g/mol. The molecule has 1 fully saturated rings. The van der Waals surface area contributed by atoms with Crippen molar-refractivity contribution in [3.8, 4) is 0 Å². The van der Waals surface area contributed by atoms with E-state index in [0.717, 1.165) is 26.1 Å². The Balaban J connectivity index is 2.39. The zero-order chi connectivity index (χ0) is 10.6. The molecule has 0 aliphatic carbocycles. The van der Waals surface area contributed by atoms with Crippen molar-refractivity contribution in [2.24, 2.45) is 11.1 Å². The van der Waals surface area contributed by atoms with Crippen LogP contribution in [-0.4, -0.2) is 31.8 Å². The highest BCUT2D eigenvalue weighted by atomic mass is 16.5. The van der Waals surface area contributed by atoms with Crippen molar-refractivity contribution in [1.82, 2.24) is 5.32 Å². The molecule has 0 aromatic heterocycles. The third kappa shape index (κ3) is 3.56. The minimum atomic E-state index is 0.243. The lowest BCUT2D eigenvalue weighted by molar-refractivity contribution is 0.0694. The fourth-order valence-electron chi connectivity index (χ4n) is 1.82. The van der Waals surface area contributed by atoms with Gasteiger partial charge in [-0.05, 0) is 18.3 Å². The summed E-state index contributed by atoms with van der Waals surface area (Å²) in [6.07, 6.45) is 2.24. The molecular weight excluding hydrogens is 176 g/mol. The van der Waals surface area contributed by atoms with E-state index in [1.807, 2.05) is 0 Å². The summed E-state index contributed by atoms with van der Waals surface area (Å²) in [6.45, 7) is 9.18. The lowest BCUT2D eigenvalue weighted by Gasteiger charge is -2.35. The zero-order valence-electron chi connectivity index (χ0n) is 9.68. The van der Waals surface area contributed by atoms with Crippen molar-refractivity contribution >= 4 is 0 Å². The van der Waals surface area contributed by atoms with E-state index in [4.69, 9.17) is 10.5 Å². The van der Waals surface area contributed by atoms with Crippen LogP contribution in [0.4, 0.5) is 0 Å². The number of hydrogen-bond donors (Lipinski definition) is 2. The molecule has 1 saturated heterocycles.